The lowest BCUT2D eigenvalue weighted by Crippen LogP contribution is -2.32. The summed E-state index contributed by atoms with van der Waals surface area (Å²) in [6.45, 7) is 2.18. The third-order valence-electron chi connectivity index (χ3n) is 2.17. The highest BCUT2D eigenvalue weighted by Gasteiger charge is 2.12. The molecule has 0 heterocycles. The fourth-order valence-electron chi connectivity index (χ4n) is 1.32. The highest BCUT2D eigenvalue weighted by Crippen LogP contribution is 2.13. The van der Waals surface area contributed by atoms with Gasteiger partial charge in [0.05, 0.1) is 0 Å². The van der Waals surface area contributed by atoms with Gasteiger partial charge >= 0.3 is 0 Å². The number of rotatable bonds is 4. The van der Waals surface area contributed by atoms with Crippen molar-refractivity contribution in [2.45, 2.75) is 29.7 Å². The Balaban J connectivity index is 2.50. The monoisotopic (exact) mass is 289 g/mol. The summed E-state index contributed by atoms with van der Waals surface area (Å²) >= 11 is 2.43. The molecule has 0 saturated carbocycles. The Bertz CT molecular complexity index is 235. The van der Waals surface area contributed by atoms with Crippen molar-refractivity contribution in [1.29, 1.82) is 0 Å². The molecule has 1 aromatic rings. The van der Waals surface area contributed by atoms with Crippen molar-refractivity contribution < 1.29 is 0 Å². The molecule has 0 aliphatic carbocycles. The van der Waals surface area contributed by atoms with Gasteiger partial charge in [0.1, 0.15) is 0 Å². The maximum atomic E-state index is 6.05. The highest BCUT2D eigenvalue weighted by atomic mass is 127. The first-order chi connectivity index (χ1) is 6.24. The maximum absolute atomic E-state index is 6.05. The number of alkyl halides is 1. The molecule has 0 amide bonds. The Morgan fingerprint density at radius 3 is 2.46 bits per heavy atom. The molecular formula is C11H16IN. The maximum Gasteiger partial charge on any atom is 0.0262 e. The molecule has 1 nitrogen and oxygen atoms in total. The summed E-state index contributed by atoms with van der Waals surface area (Å²) in [5, 5.41) is 0. The van der Waals surface area contributed by atoms with Crippen LogP contribution in [-0.2, 0) is 6.42 Å². The van der Waals surface area contributed by atoms with Gasteiger partial charge in [-0.1, -0.05) is 59.8 Å². The average Bonchev–Trinajstić information content (AvgIpc) is 2.18. The lowest BCUT2D eigenvalue weighted by molar-refractivity contribution is 0.633. The summed E-state index contributed by atoms with van der Waals surface area (Å²) in [6, 6.07) is 10.7. The van der Waals surface area contributed by atoms with Gasteiger partial charge in [-0.3, -0.25) is 0 Å². The summed E-state index contributed by atoms with van der Waals surface area (Å²) in [6.07, 6.45) is 2.14. The summed E-state index contributed by atoms with van der Waals surface area (Å²) in [4.78, 5) is 0. The molecule has 0 aromatic heterocycles. The third-order valence-corrected chi connectivity index (χ3v) is 3.97. The first-order valence-electron chi connectivity index (χ1n) is 4.67. The summed E-state index contributed by atoms with van der Waals surface area (Å²) in [7, 11) is 0. The number of nitrogens with two attached hydrogens (primary N) is 1. The molecule has 0 bridgehead atoms. The predicted molar refractivity (Wildman–Crippen MR) is 66.2 cm³/mol. The van der Waals surface area contributed by atoms with Gasteiger partial charge in [0.2, 0.25) is 0 Å². The molecule has 1 aromatic carbocycles. The molecule has 2 N–H and O–H groups in total. The molecule has 2 heteroatoms. The van der Waals surface area contributed by atoms with E-state index in [1.165, 1.54) is 5.56 Å². The van der Waals surface area contributed by atoms with Gasteiger partial charge in [-0.15, -0.1) is 0 Å². The van der Waals surface area contributed by atoms with Gasteiger partial charge in [0.25, 0.3) is 0 Å². The van der Waals surface area contributed by atoms with Crippen LogP contribution in [0, 0.1) is 0 Å². The van der Waals surface area contributed by atoms with E-state index >= 15 is 0 Å². The summed E-state index contributed by atoms with van der Waals surface area (Å²) in [5.41, 5.74) is 7.39. The van der Waals surface area contributed by atoms with Crippen LogP contribution in [0.1, 0.15) is 18.9 Å². The first-order valence-corrected chi connectivity index (χ1v) is 5.92. The zero-order valence-electron chi connectivity index (χ0n) is 7.91. The zero-order valence-corrected chi connectivity index (χ0v) is 10.1. The molecule has 2 atom stereocenters. The van der Waals surface area contributed by atoms with E-state index in [1.807, 2.05) is 6.07 Å². The Labute approximate surface area is 93.9 Å². The molecule has 0 fully saturated rings. The highest BCUT2D eigenvalue weighted by molar-refractivity contribution is 14.1. The van der Waals surface area contributed by atoms with Crippen LogP contribution in [0.3, 0.4) is 0 Å². The zero-order chi connectivity index (χ0) is 9.68. The van der Waals surface area contributed by atoms with Crippen molar-refractivity contribution in [3.63, 3.8) is 0 Å². The Morgan fingerprint density at radius 1 is 1.31 bits per heavy atom. The molecule has 0 saturated heterocycles. The molecular weight excluding hydrogens is 273 g/mol. The average molecular weight is 289 g/mol. The van der Waals surface area contributed by atoms with Crippen LogP contribution < -0.4 is 5.73 Å². The van der Waals surface area contributed by atoms with Crippen LogP contribution in [0.4, 0.5) is 0 Å². The topological polar surface area (TPSA) is 26.0 Å². The Kier molecular flexibility index (Phi) is 4.73. The van der Waals surface area contributed by atoms with E-state index in [2.05, 4.69) is 53.8 Å². The lowest BCUT2D eigenvalue weighted by Gasteiger charge is -2.16. The molecule has 0 radical (unpaired) electrons. The van der Waals surface area contributed by atoms with Crippen molar-refractivity contribution >= 4 is 22.6 Å². The predicted octanol–water partition coefficient (Wildman–Crippen LogP) is 2.77. The van der Waals surface area contributed by atoms with E-state index in [0.29, 0.717) is 3.92 Å². The molecule has 0 aliphatic rings. The van der Waals surface area contributed by atoms with Crippen molar-refractivity contribution in [3.8, 4) is 0 Å². The van der Waals surface area contributed by atoms with Crippen LogP contribution in [-0.4, -0.2) is 9.97 Å². The van der Waals surface area contributed by atoms with Crippen LogP contribution in [0.15, 0.2) is 30.3 Å². The van der Waals surface area contributed by atoms with E-state index in [1.54, 1.807) is 0 Å². The van der Waals surface area contributed by atoms with Gasteiger partial charge < -0.3 is 5.73 Å². The van der Waals surface area contributed by atoms with Crippen molar-refractivity contribution in [2.75, 3.05) is 0 Å². The Morgan fingerprint density at radius 2 is 1.92 bits per heavy atom. The smallest absolute Gasteiger partial charge is 0.0262 e. The molecule has 2 unspecified atom stereocenters. The second-order valence-electron chi connectivity index (χ2n) is 3.28. The molecule has 1 rings (SSSR count). The van der Waals surface area contributed by atoms with Crippen LogP contribution >= 0.6 is 22.6 Å². The van der Waals surface area contributed by atoms with Gasteiger partial charge in [-0.2, -0.15) is 0 Å². The van der Waals surface area contributed by atoms with Crippen LogP contribution in [0.2, 0.25) is 0 Å². The fraction of sp³-hybridized carbons (Fsp3) is 0.455. The third kappa shape index (κ3) is 3.65. The minimum absolute atomic E-state index is 0.285. The number of benzene rings is 1. The van der Waals surface area contributed by atoms with Crippen LogP contribution in [0.5, 0.6) is 0 Å². The van der Waals surface area contributed by atoms with Crippen molar-refractivity contribution in [1.82, 2.24) is 0 Å². The minimum atomic E-state index is 0.285. The molecule has 72 valence electrons. The summed E-state index contributed by atoms with van der Waals surface area (Å²) < 4.78 is 0.581. The number of hydrogen-bond acceptors (Lipinski definition) is 1. The Hall–Kier alpha value is -0.0900. The summed E-state index contributed by atoms with van der Waals surface area (Å²) in [5.74, 6) is 0. The number of hydrogen-bond donors (Lipinski definition) is 1. The molecule has 0 aliphatic heterocycles. The van der Waals surface area contributed by atoms with E-state index in [4.69, 9.17) is 5.73 Å². The van der Waals surface area contributed by atoms with E-state index < -0.39 is 0 Å². The molecule has 13 heavy (non-hydrogen) atoms. The standard InChI is InChI=1S/C11H16IN/c1-2-10(12)11(13)8-9-6-4-3-5-7-9/h3-7,10-11H,2,8,13H2,1H3. The van der Waals surface area contributed by atoms with E-state index in [0.717, 1.165) is 12.8 Å². The minimum Gasteiger partial charge on any atom is -0.326 e. The first kappa shape index (κ1) is 11.0. The van der Waals surface area contributed by atoms with Crippen molar-refractivity contribution in [3.05, 3.63) is 35.9 Å². The van der Waals surface area contributed by atoms with Gasteiger partial charge in [0, 0.05) is 9.97 Å². The second kappa shape index (κ2) is 5.60. The number of halogens is 1. The normalized spacial score (nSPS) is 15.3. The van der Waals surface area contributed by atoms with Crippen LogP contribution in [0.25, 0.3) is 0 Å². The largest absolute Gasteiger partial charge is 0.326 e. The van der Waals surface area contributed by atoms with Gasteiger partial charge in [0.15, 0.2) is 0 Å². The fourth-order valence-corrected chi connectivity index (χ4v) is 1.57. The quantitative estimate of drug-likeness (QED) is 0.669. The lowest BCUT2D eigenvalue weighted by atomic mass is 10.0. The second-order valence-corrected chi connectivity index (χ2v) is 4.88. The van der Waals surface area contributed by atoms with Gasteiger partial charge in [-0.25, -0.2) is 0 Å². The van der Waals surface area contributed by atoms with E-state index in [9.17, 15) is 0 Å². The van der Waals surface area contributed by atoms with Gasteiger partial charge in [-0.05, 0) is 18.4 Å². The van der Waals surface area contributed by atoms with Crippen molar-refractivity contribution in [2.24, 2.45) is 5.73 Å². The SMILES string of the molecule is CCC(I)C(N)Cc1ccccc1. The van der Waals surface area contributed by atoms with E-state index in [-0.39, 0.29) is 6.04 Å². The molecule has 0 spiro atoms.